The molecule has 0 radical (unpaired) electrons. The van der Waals surface area contributed by atoms with Crippen molar-refractivity contribution in [2.75, 3.05) is 36.2 Å². The third-order valence-corrected chi connectivity index (χ3v) is 3.15. The van der Waals surface area contributed by atoms with E-state index in [1.165, 1.54) is 0 Å². The van der Waals surface area contributed by atoms with E-state index in [4.69, 9.17) is 5.73 Å². The number of anilines is 3. The van der Waals surface area contributed by atoms with Crippen molar-refractivity contribution in [2.45, 2.75) is 18.7 Å². The Morgan fingerprint density at radius 1 is 1.58 bits per heavy atom. The van der Waals surface area contributed by atoms with Crippen molar-refractivity contribution in [3.63, 3.8) is 0 Å². The molecule has 0 aliphatic carbocycles. The van der Waals surface area contributed by atoms with Crippen LogP contribution in [-0.2, 0) is 4.79 Å². The lowest BCUT2D eigenvalue weighted by Crippen LogP contribution is -2.41. The molecule has 2 atom stereocenters. The second-order valence-electron chi connectivity index (χ2n) is 4.82. The number of nitrogens with two attached hydrogens (primary N) is 1. The van der Waals surface area contributed by atoms with E-state index in [0.717, 1.165) is 0 Å². The predicted octanol–water partition coefficient (Wildman–Crippen LogP) is -0.627. The molecule has 1 aliphatic rings. The third-order valence-electron chi connectivity index (χ3n) is 3.15. The average Bonchev–Trinajstić information content (AvgIpc) is 2.71. The average molecular weight is 265 g/mol. The van der Waals surface area contributed by atoms with E-state index in [1.54, 1.807) is 12.1 Å². The van der Waals surface area contributed by atoms with Gasteiger partial charge < -0.3 is 26.0 Å². The highest BCUT2D eigenvalue weighted by atomic mass is 16.3. The molecule has 0 bridgehead atoms. The van der Waals surface area contributed by atoms with E-state index < -0.39 is 6.10 Å². The number of carbonyl (C=O) groups is 1. The van der Waals surface area contributed by atoms with Crippen LogP contribution in [0, 0.1) is 0 Å². The van der Waals surface area contributed by atoms with Crippen LogP contribution in [0.5, 0.6) is 0 Å². The number of pyridine rings is 1. The van der Waals surface area contributed by atoms with Gasteiger partial charge in [0.15, 0.2) is 5.82 Å². The summed E-state index contributed by atoms with van der Waals surface area (Å²) in [5.41, 5.74) is 6.46. The summed E-state index contributed by atoms with van der Waals surface area (Å²) in [7, 11) is 3.73. The number of aliphatic hydroxyl groups is 1. The first-order chi connectivity index (χ1) is 9.02. The Hall–Kier alpha value is -2.02. The van der Waals surface area contributed by atoms with E-state index in [9.17, 15) is 9.90 Å². The van der Waals surface area contributed by atoms with E-state index in [2.05, 4.69) is 10.3 Å². The van der Waals surface area contributed by atoms with Crippen LogP contribution in [-0.4, -0.2) is 49.4 Å². The van der Waals surface area contributed by atoms with Crippen molar-refractivity contribution < 1.29 is 9.90 Å². The van der Waals surface area contributed by atoms with Crippen LogP contribution >= 0.6 is 0 Å². The van der Waals surface area contributed by atoms with Crippen LogP contribution < -0.4 is 20.9 Å². The summed E-state index contributed by atoms with van der Waals surface area (Å²) in [4.78, 5) is 18.8. The van der Waals surface area contributed by atoms with E-state index >= 15 is 0 Å². The fourth-order valence-electron chi connectivity index (χ4n) is 2.27. The van der Waals surface area contributed by atoms with Crippen LogP contribution in [0.15, 0.2) is 12.1 Å². The van der Waals surface area contributed by atoms with Crippen molar-refractivity contribution in [3.05, 3.63) is 12.1 Å². The second-order valence-corrected chi connectivity index (χ2v) is 4.82. The van der Waals surface area contributed by atoms with Gasteiger partial charge in [-0.1, -0.05) is 0 Å². The van der Waals surface area contributed by atoms with Crippen molar-refractivity contribution in [2.24, 2.45) is 0 Å². The highest BCUT2D eigenvalue weighted by molar-refractivity contribution is 5.66. The summed E-state index contributed by atoms with van der Waals surface area (Å²) < 4.78 is 0. The molecule has 1 aromatic heterocycles. The summed E-state index contributed by atoms with van der Waals surface area (Å²) in [6.45, 7) is 0.440. The molecule has 2 rings (SSSR count). The van der Waals surface area contributed by atoms with Gasteiger partial charge in [-0.05, 0) is 12.1 Å². The second kappa shape index (κ2) is 5.31. The Bertz CT molecular complexity index is 465. The number of nitrogens with zero attached hydrogens (tertiary/aromatic N) is 3. The van der Waals surface area contributed by atoms with Gasteiger partial charge in [0, 0.05) is 27.1 Å². The normalized spacial score (nSPS) is 22.4. The van der Waals surface area contributed by atoms with Gasteiger partial charge in [0.25, 0.3) is 0 Å². The number of rotatable bonds is 4. The summed E-state index contributed by atoms with van der Waals surface area (Å²) in [6.07, 6.45) is 0.417. The first-order valence-corrected chi connectivity index (χ1v) is 6.11. The third kappa shape index (κ3) is 2.70. The molecule has 2 heterocycles. The number of carbonyl (C=O) groups excluding carboxylic acids is 1. The number of aliphatic hydroxyl groups excluding tert-OH is 1. The number of amides is 1. The number of hydrogen-bond donors (Lipinski definition) is 3. The molecule has 19 heavy (non-hydrogen) atoms. The van der Waals surface area contributed by atoms with Gasteiger partial charge in [-0.15, -0.1) is 0 Å². The van der Waals surface area contributed by atoms with Crippen molar-refractivity contribution in [1.29, 1.82) is 0 Å². The molecule has 0 aromatic carbocycles. The van der Waals surface area contributed by atoms with Gasteiger partial charge in [0.2, 0.25) is 6.41 Å². The number of β-amino-alcohol motifs (C(OH)–C–C–N with tert-alkyl or cyclic N) is 1. The monoisotopic (exact) mass is 265 g/mol. The van der Waals surface area contributed by atoms with Crippen LogP contribution in [0.4, 0.5) is 17.3 Å². The minimum atomic E-state index is -0.473. The molecule has 1 aromatic rings. The topological polar surface area (TPSA) is 94.7 Å². The summed E-state index contributed by atoms with van der Waals surface area (Å²) in [5.74, 6) is 1.36. The summed E-state index contributed by atoms with van der Waals surface area (Å²) in [6, 6.07) is 3.57. The van der Waals surface area contributed by atoms with E-state index in [0.29, 0.717) is 36.7 Å². The molecule has 1 saturated heterocycles. The molecule has 0 spiro atoms. The minimum Gasteiger partial charge on any atom is -0.396 e. The lowest BCUT2D eigenvalue weighted by Gasteiger charge is -2.26. The Labute approximate surface area is 112 Å². The van der Waals surface area contributed by atoms with Gasteiger partial charge in [-0.2, -0.15) is 0 Å². The molecule has 0 saturated carbocycles. The number of hydrogen-bond acceptors (Lipinski definition) is 6. The zero-order chi connectivity index (χ0) is 14.0. The fourth-order valence-corrected chi connectivity index (χ4v) is 2.27. The molecular formula is C12H19N5O2. The molecule has 7 heteroatoms. The molecule has 2 unspecified atom stereocenters. The Kier molecular flexibility index (Phi) is 3.75. The minimum absolute atomic E-state index is 0.237. The zero-order valence-corrected chi connectivity index (χ0v) is 11.1. The summed E-state index contributed by atoms with van der Waals surface area (Å²) >= 11 is 0. The van der Waals surface area contributed by atoms with E-state index in [1.807, 2.05) is 23.9 Å². The van der Waals surface area contributed by atoms with Crippen molar-refractivity contribution in [1.82, 2.24) is 10.3 Å². The van der Waals surface area contributed by atoms with Crippen molar-refractivity contribution in [3.8, 4) is 0 Å². The molecule has 1 fully saturated rings. The molecule has 1 aliphatic heterocycles. The SMILES string of the molecule is CN(C)c1nc(N2CC(O)CC2NC=O)ccc1N. The predicted molar refractivity (Wildman–Crippen MR) is 73.9 cm³/mol. The van der Waals surface area contributed by atoms with Gasteiger partial charge in [0.1, 0.15) is 12.0 Å². The molecule has 1 amide bonds. The maximum Gasteiger partial charge on any atom is 0.208 e. The lowest BCUT2D eigenvalue weighted by molar-refractivity contribution is -0.110. The van der Waals surface area contributed by atoms with Crippen molar-refractivity contribution >= 4 is 23.7 Å². The Morgan fingerprint density at radius 2 is 2.32 bits per heavy atom. The number of nitrogens with one attached hydrogen (secondary N) is 1. The summed E-state index contributed by atoms with van der Waals surface area (Å²) in [5, 5.41) is 12.4. The van der Waals surface area contributed by atoms with Crippen LogP contribution in [0.1, 0.15) is 6.42 Å². The highest BCUT2D eigenvalue weighted by Gasteiger charge is 2.31. The van der Waals surface area contributed by atoms with Gasteiger partial charge in [-0.3, -0.25) is 4.79 Å². The largest absolute Gasteiger partial charge is 0.396 e. The molecule has 104 valence electrons. The lowest BCUT2D eigenvalue weighted by atomic mass is 10.3. The highest BCUT2D eigenvalue weighted by Crippen LogP contribution is 2.27. The molecule has 4 N–H and O–H groups in total. The maximum absolute atomic E-state index is 10.6. The number of aromatic nitrogens is 1. The van der Waals surface area contributed by atoms with Gasteiger partial charge in [0.05, 0.1) is 11.8 Å². The maximum atomic E-state index is 10.6. The fraction of sp³-hybridized carbons (Fsp3) is 0.500. The van der Waals surface area contributed by atoms with Crippen LogP contribution in [0.3, 0.4) is 0 Å². The van der Waals surface area contributed by atoms with Crippen LogP contribution in [0.2, 0.25) is 0 Å². The quantitative estimate of drug-likeness (QED) is 0.628. The molecule has 7 nitrogen and oxygen atoms in total. The van der Waals surface area contributed by atoms with Crippen LogP contribution in [0.25, 0.3) is 0 Å². The van der Waals surface area contributed by atoms with Gasteiger partial charge in [-0.25, -0.2) is 4.98 Å². The smallest absolute Gasteiger partial charge is 0.208 e. The zero-order valence-electron chi connectivity index (χ0n) is 11.1. The molecular weight excluding hydrogens is 246 g/mol. The first kappa shape index (κ1) is 13.4. The Balaban J connectivity index is 2.30. The number of nitrogen functional groups attached to an aromatic ring is 1. The standard InChI is InChI=1S/C12H19N5O2/c1-16(2)12-9(13)3-4-10(15-12)17-6-8(19)5-11(17)14-7-18/h3-4,7-8,11,19H,5-6,13H2,1-2H3,(H,14,18). The van der Waals surface area contributed by atoms with Gasteiger partial charge >= 0.3 is 0 Å². The Morgan fingerprint density at radius 3 is 2.95 bits per heavy atom. The van der Waals surface area contributed by atoms with E-state index in [-0.39, 0.29) is 6.17 Å². The first-order valence-electron chi connectivity index (χ1n) is 6.11.